The predicted octanol–water partition coefficient (Wildman–Crippen LogP) is 0.220. The fourth-order valence-electron chi connectivity index (χ4n) is 0.627. The van der Waals surface area contributed by atoms with E-state index in [0.717, 1.165) is 12.2 Å². The van der Waals surface area contributed by atoms with E-state index < -0.39 is 11.9 Å². The quantitative estimate of drug-likeness (QED) is 0.479. The lowest BCUT2D eigenvalue weighted by Gasteiger charge is -2.24. The summed E-state index contributed by atoms with van der Waals surface area (Å²) in [5, 5.41) is 8.31. The third-order valence-corrected chi connectivity index (χ3v) is 1.28. The smallest absolute Gasteiger partial charge is 0.328 e. The molecule has 0 aromatic heterocycles. The minimum Gasteiger partial charge on any atom is -0.478 e. The maximum atomic E-state index is 10.1. The lowest BCUT2D eigenvalue weighted by Crippen LogP contribution is -2.33. The van der Waals surface area contributed by atoms with E-state index in [-0.39, 0.29) is 0 Å². The second kappa shape index (κ2) is 4.87. The molecule has 5 heteroatoms. The molecule has 0 aromatic rings. The third-order valence-electron chi connectivity index (χ3n) is 1.28. The van der Waals surface area contributed by atoms with E-state index in [1.807, 2.05) is 0 Å². The first-order valence-corrected chi connectivity index (χ1v) is 3.18. The number of carboxylic acid groups (broad SMARTS) is 1. The second-order valence-corrected chi connectivity index (χ2v) is 1.89. The number of rotatable bonds is 5. The van der Waals surface area contributed by atoms with Crippen LogP contribution in [0, 0.1) is 0 Å². The number of aliphatic carboxylic acids is 1. The normalized spacial score (nSPS) is 12.2. The van der Waals surface area contributed by atoms with Crippen molar-refractivity contribution < 1.29 is 24.1 Å². The Labute approximate surface area is 70.5 Å². The van der Waals surface area contributed by atoms with Gasteiger partial charge in [-0.25, -0.2) is 4.79 Å². The summed E-state index contributed by atoms with van der Waals surface area (Å²) in [7, 11) is 4.04. The molecule has 0 saturated carbocycles. The standard InChI is InChI=1S/C7H12O5/c1-10-7(11-2,12-3)5-4-6(8)9/h4-5H,1-3H3,(H,8,9). The summed E-state index contributed by atoms with van der Waals surface area (Å²) in [5.74, 6) is -2.50. The van der Waals surface area contributed by atoms with Crippen molar-refractivity contribution in [2.24, 2.45) is 0 Å². The van der Waals surface area contributed by atoms with E-state index in [1.54, 1.807) is 0 Å². The van der Waals surface area contributed by atoms with Crippen LogP contribution in [0.4, 0.5) is 0 Å². The highest BCUT2D eigenvalue weighted by molar-refractivity contribution is 5.79. The van der Waals surface area contributed by atoms with Gasteiger partial charge in [-0.1, -0.05) is 0 Å². The topological polar surface area (TPSA) is 65.0 Å². The van der Waals surface area contributed by atoms with Crippen molar-refractivity contribution in [3.8, 4) is 0 Å². The Morgan fingerprint density at radius 1 is 1.25 bits per heavy atom. The minimum absolute atomic E-state index is 0.885. The average molecular weight is 176 g/mol. The Kier molecular flexibility index (Phi) is 4.50. The van der Waals surface area contributed by atoms with Crippen molar-refractivity contribution in [3.63, 3.8) is 0 Å². The summed E-state index contributed by atoms with van der Waals surface area (Å²) >= 11 is 0. The van der Waals surface area contributed by atoms with Crippen molar-refractivity contribution in [1.82, 2.24) is 0 Å². The fraction of sp³-hybridized carbons (Fsp3) is 0.571. The predicted molar refractivity (Wildman–Crippen MR) is 40.5 cm³/mol. The molecule has 0 aliphatic heterocycles. The molecule has 0 radical (unpaired) electrons. The lowest BCUT2D eigenvalue weighted by atomic mass is 10.4. The highest BCUT2D eigenvalue weighted by Crippen LogP contribution is 2.13. The number of carboxylic acids is 1. The molecule has 0 heterocycles. The first-order chi connectivity index (χ1) is 5.60. The van der Waals surface area contributed by atoms with Crippen LogP contribution in [0.3, 0.4) is 0 Å². The molecule has 70 valence electrons. The summed E-state index contributed by atoms with van der Waals surface area (Å²) < 4.78 is 14.4. The molecule has 0 saturated heterocycles. The van der Waals surface area contributed by atoms with E-state index in [0.29, 0.717) is 0 Å². The van der Waals surface area contributed by atoms with Crippen molar-refractivity contribution in [2.45, 2.75) is 5.97 Å². The first kappa shape index (κ1) is 11.1. The molecule has 0 aliphatic carbocycles. The lowest BCUT2D eigenvalue weighted by molar-refractivity contribution is -0.318. The van der Waals surface area contributed by atoms with Gasteiger partial charge in [-0.2, -0.15) is 0 Å². The monoisotopic (exact) mass is 176 g/mol. The first-order valence-electron chi connectivity index (χ1n) is 3.18. The summed E-state index contributed by atoms with van der Waals surface area (Å²) in [6.45, 7) is 0. The van der Waals surface area contributed by atoms with Gasteiger partial charge in [-0.15, -0.1) is 0 Å². The zero-order valence-corrected chi connectivity index (χ0v) is 7.23. The highest BCUT2D eigenvalue weighted by atomic mass is 16.9. The highest BCUT2D eigenvalue weighted by Gasteiger charge is 2.25. The van der Waals surface area contributed by atoms with Gasteiger partial charge in [0.15, 0.2) is 0 Å². The van der Waals surface area contributed by atoms with Gasteiger partial charge in [0.25, 0.3) is 0 Å². The molecular formula is C7H12O5. The second-order valence-electron chi connectivity index (χ2n) is 1.89. The van der Waals surface area contributed by atoms with Gasteiger partial charge in [-0.05, 0) is 0 Å². The third kappa shape index (κ3) is 3.00. The van der Waals surface area contributed by atoms with Crippen LogP contribution in [0.1, 0.15) is 0 Å². The van der Waals surface area contributed by atoms with Crippen LogP contribution in [0.2, 0.25) is 0 Å². The minimum atomic E-state index is -1.40. The van der Waals surface area contributed by atoms with Gasteiger partial charge in [0.1, 0.15) is 0 Å². The largest absolute Gasteiger partial charge is 0.478 e. The summed E-state index contributed by atoms with van der Waals surface area (Å²) in [6.07, 6.45) is 2.05. The van der Waals surface area contributed by atoms with E-state index in [4.69, 9.17) is 19.3 Å². The number of hydrogen-bond donors (Lipinski definition) is 1. The molecule has 0 aliphatic rings. The molecule has 12 heavy (non-hydrogen) atoms. The maximum absolute atomic E-state index is 10.1. The van der Waals surface area contributed by atoms with Gasteiger partial charge in [0, 0.05) is 33.5 Å². The molecule has 0 bridgehead atoms. The Morgan fingerprint density at radius 2 is 1.67 bits per heavy atom. The zero-order valence-electron chi connectivity index (χ0n) is 7.23. The van der Waals surface area contributed by atoms with Gasteiger partial charge in [0.2, 0.25) is 0 Å². The molecule has 5 nitrogen and oxygen atoms in total. The zero-order chi connectivity index (χ0) is 9.61. The van der Waals surface area contributed by atoms with Crippen LogP contribution >= 0.6 is 0 Å². The molecule has 0 amide bonds. The fourth-order valence-corrected chi connectivity index (χ4v) is 0.627. The van der Waals surface area contributed by atoms with E-state index in [9.17, 15) is 4.79 Å². The molecule has 0 fully saturated rings. The van der Waals surface area contributed by atoms with Gasteiger partial charge in [-0.3, -0.25) is 0 Å². The summed E-state index contributed by atoms with van der Waals surface area (Å²) in [4.78, 5) is 10.1. The van der Waals surface area contributed by atoms with Gasteiger partial charge < -0.3 is 19.3 Å². The Bertz CT molecular complexity index is 162. The molecule has 0 unspecified atom stereocenters. The Hall–Kier alpha value is -0.910. The molecule has 1 N–H and O–H groups in total. The van der Waals surface area contributed by atoms with Crippen LogP contribution in [-0.2, 0) is 19.0 Å². The van der Waals surface area contributed by atoms with Crippen LogP contribution in [-0.4, -0.2) is 38.4 Å². The average Bonchev–Trinajstić information content (AvgIpc) is 2.08. The van der Waals surface area contributed by atoms with Crippen molar-refractivity contribution in [3.05, 3.63) is 12.2 Å². The van der Waals surface area contributed by atoms with Gasteiger partial charge >= 0.3 is 11.9 Å². The molecule has 0 atom stereocenters. The number of methoxy groups -OCH3 is 3. The van der Waals surface area contributed by atoms with Crippen molar-refractivity contribution in [1.29, 1.82) is 0 Å². The van der Waals surface area contributed by atoms with E-state index in [2.05, 4.69) is 0 Å². The van der Waals surface area contributed by atoms with E-state index in [1.165, 1.54) is 21.3 Å². The van der Waals surface area contributed by atoms with E-state index >= 15 is 0 Å². The van der Waals surface area contributed by atoms with Crippen LogP contribution in [0.5, 0.6) is 0 Å². The molecule has 0 aromatic carbocycles. The summed E-state index contributed by atoms with van der Waals surface area (Å²) in [6, 6.07) is 0. The SMILES string of the molecule is COC(C=CC(=O)O)(OC)OC. The van der Waals surface area contributed by atoms with Crippen LogP contribution in [0.15, 0.2) is 12.2 Å². The molecule has 0 spiro atoms. The summed E-state index contributed by atoms with van der Waals surface area (Å²) in [5.41, 5.74) is 0. The number of carbonyl (C=O) groups is 1. The molecular weight excluding hydrogens is 164 g/mol. The Balaban J connectivity index is 4.39. The van der Waals surface area contributed by atoms with Crippen LogP contribution in [0.25, 0.3) is 0 Å². The van der Waals surface area contributed by atoms with Crippen molar-refractivity contribution in [2.75, 3.05) is 21.3 Å². The van der Waals surface area contributed by atoms with Crippen molar-refractivity contribution >= 4 is 5.97 Å². The maximum Gasteiger partial charge on any atom is 0.328 e. The Morgan fingerprint density at radius 3 is 1.92 bits per heavy atom. The number of hydrogen-bond acceptors (Lipinski definition) is 4. The van der Waals surface area contributed by atoms with Gasteiger partial charge in [0.05, 0.1) is 0 Å². The molecule has 0 rings (SSSR count). The number of ether oxygens (including phenoxy) is 3. The van der Waals surface area contributed by atoms with Crippen LogP contribution < -0.4 is 0 Å².